The number of nitrogens with one attached hydrogen (secondary N) is 2. The molecule has 0 bridgehead atoms. The summed E-state index contributed by atoms with van der Waals surface area (Å²) < 4.78 is 11.6. The Balaban J connectivity index is 0.000000753. The van der Waals surface area contributed by atoms with E-state index in [-0.39, 0.29) is 49.8 Å². The molecule has 0 aliphatic heterocycles. The van der Waals surface area contributed by atoms with E-state index in [4.69, 9.17) is 109 Å². The summed E-state index contributed by atoms with van der Waals surface area (Å²) in [5.74, 6) is 0. The molecule has 610 valence electrons. The van der Waals surface area contributed by atoms with Crippen LogP contribution in [0.15, 0.2) is 236 Å². The Hall–Kier alpha value is -2.72. The van der Waals surface area contributed by atoms with Crippen molar-refractivity contribution >= 4 is 236 Å². The number of halogens is 9. The van der Waals surface area contributed by atoms with Crippen molar-refractivity contribution in [3.63, 3.8) is 0 Å². The first-order chi connectivity index (χ1) is 52.6. The summed E-state index contributed by atoms with van der Waals surface area (Å²) >= 11 is 56.0. The second-order valence-corrected chi connectivity index (χ2v) is 82.4. The van der Waals surface area contributed by atoms with E-state index in [0.29, 0.717) is 31.2 Å². The molecule has 6 aromatic rings. The van der Waals surface area contributed by atoms with E-state index in [2.05, 4.69) is 223 Å². The molecule has 0 aliphatic carbocycles. The van der Waals surface area contributed by atoms with E-state index in [1.807, 2.05) is 24.3 Å². The third-order valence-corrected chi connectivity index (χ3v) is 56.1. The van der Waals surface area contributed by atoms with Gasteiger partial charge in [-0.3, -0.25) is 0 Å². The average Bonchev–Trinajstić information content (AvgIpc) is 0.771. The largest absolute Gasteiger partial charge is 2.00 e. The number of fused-ring (bicyclic) bond motifs is 4. The van der Waals surface area contributed by atoms with E-state index < -0.39 is 64.5 Å². The van der Waals surface area contributed by atoms with Crippen LogP contribution in [0.3, 0.4) is 0 Å². The Kier molecular flexibility index (Phi) is 52.6. The van der Waals surface area contributed by atoms with Gasteiger partial charge in [0.15, 0.2) is 0 Å². The number of alkyl carbamates (subject to hydrolysis) is 2. The second-order valence-electron chi connectivity index (χ2n) is 30.4. The van der Waals surface area contributed by atoms with Gasteiger partial charge in [0.25, 0.3) is 0 Å². The standard InChI is InChI=1S/C55H81NO2Si4.C29H38Cl9NO2Si4.C3H5.CH3.Mg/c1-10-32-59(33-11-2,34-12-3)42-25-44-62(47-46-61(38-16-7,39-17-8)40-18-9,45-26-43-60(35-13-4,36-14-5)37-15-6)41-24-23-31-56-55(57)58-49-54-52-29-21-19-27-50(52)48-51-28-20-22-30-53(51)54;30-43(31,32)19-7-16-42(17-8-20-44(33,34)35,18-9-21-45(36,37)38)15-6-5-14-39-29(40)41-23-28-26-12-3-1-10-24(26)22-25-11-2-4-13-27(25)28;1-3-2;;/h10-22,27-30,48H,1-9,23-26,31-47,49H2,(H,56,57);1-4,10-13,22H,5-9,14-21,23H2,(H,39,40);3H,1-2H2;1H3;/q;;2*-1;+2. The Morgan fingerprint density at radius 1 is 0.321 bits per heavy atom. The van der Waals surface area contributed by atoms with Crippen LogP contribution in [0.25, 0.3) is 43.1 Å². The van der Waals surface area contributed by atoms with Gasteiger partial charge in [0.1, 0.15) is 13.2 Å². The van der Waals surface area contributed by atoms with Gasteiger partial charge >= 0.3 is 53.2 Å². The summed E-state index contributed by atoms with van der Waals surface area (Å²) in [6.45, 7) is 46.0. The maximum atomic E-state index is 13.3. The normalized spacial score (nSPS) is 12.0. The van der Waals surface area contributed by atoms with Crippen LogP contribution in [0, 0.1) is 14.4 Å². The molecule has 0 radical (unpaired) electrons. The van der Waals surface area contributed by atoms with Crippen molar-refractivity contribution in [3.8, 4) is 0 Å². The summed E-state index contributed by atoms with van der Waals surface area (Å²) in [7, 11) is -8.77. The number of hydrogen-bond donors (Lipinski definition) is 2. The minimum atomic E-state index is -2.73. The fourth-order valence-electron chi connectivity index (χ4n) is 16.7. The molecule has 112 heavy (non-hydrogen) atoms. The van der Waals surface area contributed by atoms with Crippen LogP contribution in [-0.2, 0) is 22.7 Å². The minimum absolute atomic E-state index is 0. The average molecular weight is 1850 g/mol. The molecule has 0 saturated heterocycles. The van der Waals surface area contributed by atoms with Gasteiger partial charge in [-0.1, -0.05) is 263 Å². The fraction of sp³-hybridized carbons (Fsp3) is 0.409. The van der Waals surface area contributed by atoms with Gasteiger partial charge in [0.2, 0.25) is 0 Å². The smallest absolute Gasteiger partial charge is 0.445 e. The summed E-state index contributed by atoms with van der Waals surface area (Å²) in [5, 5.41) is 15.0. The third kappa shape index (κ3) is 39.0. The van der Waals surface area contributed by atoms with Crippen molar-refractivity contribution in [2.24, 2.45) is 0 Å². The van der Waals surface area contributed by atoms with E-state index >= 15 is 0 Å². The second kappa shape index (κ2) is 55.9. The van der Waals surface area contributed by atoms with Gasteiger partial charge in [-0.15, -0.1) is 159 Å². The van der Waals surface area contributed by atoms with Crippen LogP contribution >= 0.6 is 99.7 Å². The molecule has 0 aromatic heterocycles. The van der Waals surface area contributed by atoms with Crippen LogP contribution in [0.2, 0.25) is 139 Å². The van der Waals surface area contributed by atoms with Gasteiger partial charge in [-0.25, -0.2) is 29.2 Å². The topological polar surface area (TPSA) is 76.7 Å². The van der Waals surface area contributed by atoms with Crippen molar-refractivity contribution in [2.75, 3.05) is 13.1 Å². The number of ether oxygens (including phenoxy) is 2. The van der Waals surface area contributed by atoms with Crippen LogP contribution in [0.1, 0.15) is 68.9 Å². The molecule has 2 N–H and O–H groups in total. The van der Waals surface area contributed by atoms with Gasteiger partial charge in [0.05, 0.1) is 40.4 Å². The third-order valence-electron chi connectivity index (χ3n) is 22.0. The Labute approximate surface area is 742 Å². The molecule has 0 aliphatic rings. The molecule has 0 atom stereocenters. The van der Waals surface area contributed by atoms with Gasteiger partial charge < -0.3 is 27.5 Å². The Bertz CT molecular complexity index is 3610. The minimum Gasteiger partial charge on any atom is -0.445 e. The number of benzene rings is 6. The summed E-state index contributed by atoms with van der Waals surface area (Å²) in [4.78, 5) is 26.0. The molecule has 0 heterocycles. The van der Waals surface area contributed by atoms with Crippen LogP contribution in [0.5, 0.6) is 0 Å². The molecule has 6 nitrogen and oxygen atoms in total. The van der Waals surface area contributed by atoms with E-state index in [1.54, 1.807) is 0 Å². The number of carbonyl (C=O) groups is 2. The van der Waals surface area contributed by atoms with E-state index in [9.17, 15) is 9.59 Å². The zero-order chi connectivity index (χ0) is 81.0. The zero-order valence-corrected chi connectivity index (χ0v) is 83.4. The summed E-state index contributed by atoms with van der Waals surface area (Å²) in [5.41, 5.74) is 2.06. The predicted molar refractivity (Wildman–Crippen MR) is 530 cm³/mol. The van der Waals surface area contributed by atoms with Crippen molar-refractivity contribution in [1.29, 1.82) is 0 Å². The molecule has 0 spiro atoms. The van der Waals surface area contributed by atoms with E-state index in [0.717, 1.165) is 178 Å². The van der Waals surface area contributed by atoms with Crippen molar-refractivity contribution in [3.05, 3.63) is 261 Å². The van der Waals surface area contributed by atoms with Crippen molar-refractivity contribution < 1.29 is 19.1 Å². The van der Waals surface area contributed by atoms with E-state index in [1.165, 1.54) is 61.2 Å². The van der Waals surface area contributed by atoms with Crippen LogP contribution in [0.4, 0.5) is 9.59 Å². The molecule has 0 fully saturated rings. The summed E-state index contributed by atoms with van der Waals surface area (Å²) in [6, 6.07) is 54.4. The number of amides is 2. The molecule has 6 aromatic carbocycles. The Morgan fingerprint density at radius 3 is 0.777 bits per heavy atom. The molecular weight excluding hydrogens is 1720 g/mol. The number of carbonyl (C=O) groups excluding carboxylic acids is 2. The Morgan fingerprint density at radius 2 is 0.527 bits per heavy atom. The van der Waals surface area contributed by atoms with Gasteiger partial charge in [0, 0.05) is 24.2 Å². The predicted octanol–water partition coefficient (Wildman–Crippen LogP) is 31.9. The number of unbranched alkanes of at least 4 members (excludes halogenated alkanes) is 2. The molecule has 6 rings (SSSR count). The first-order valence-corrected chi connectivity index (χ1v) is 69.1. The number of allylic oxidation sites excluding steroid dienone is 10. The molecule has 24 heteroatoms. The fourth-order valence-corrected chi connectivity index (χ4v) is 48.3. The molecular formula is C88H127Cl9MgN2O4Si8. The van der Waals surface area contributed by atoms with Gasteiger partial charge in [-0.05, 0) is 141 Å². The molecule has 0 saturated carbocycles. The molecule has 2 amide bonds. The van der Waals surface area contributed by atoms with Gasteiger partial charge in [-0.2, -0.15) is 0 Å². The van der Waals surface area contributed by atoms with Crippen molar-refractivity contribution in [2.45, 2.75) is 210 Å². The monoisotopic (exact) mass is 1840 g/mol. The quantitative estimate of drug-likeness (QED) is 0.00996. The SMILES string of the molecule is C=CC[Si](CC=C)(CC=C)CCC[Si](CCCCNC(=O)OCc1c2ccccc2cc2ccccc12)(CCC[Si](CC=C)(CC=C)CC=C)CC[Si](CC=C)(CC=C)CC=C.C=C[CH2-].O=C(NCCCC[Si](CCC[Si](Cl)(Cl)Cl)(CCC[Si](Cl)(Cl)Cl)CCC[Si](Cl)(Cl)Cl)OCc1c2ccccc2cc2ccccc12.[CH3-].[Mg+2]. The summed E-state index contributed by atoms with van der Waals surface area (Å²) in [6.07, 6.45) is 29.2. The maximum Gasteiger partial charge on any atom is 2.00 e. The zero-order valence-electron chi connectivity index (χ0n) is 67.1. The number of rotatable bonds is 55. The maximum absolute atomic E-state index is 13.3. The number of hydrogen-bond acceptors (Lipinski definition) is 4. The van der Waals surface area contributed by atoms with Crippen molar-refractivity contribution in [1.82, 2.24) is 10.6 Å². The van der Waals surface area contributed by atoms with Crippen LogP contribution in [-0.4, -0.2) is 107 Å². The first kappa shape index (κ1) is 105. The molecule has 0 unspecified atom stereocenters. The van der Waals surface area contributed by atoms with Crippen LogP contribution < -0.4 is 10.6 Å². The first-order valence-electron chi connectivity index (χ1n) is 39.3.